The highest BCUT2D eigenvalue weighted by Crippen LogP contribution is 2.06. The molecular formula is C14H26O5. The first-order valence-corrected chi connectivity index (χ1v) is 6.62. The summed E-state index contributed by atoms with van der Waals surface area (Å²) in [7, 11) is 0. The molecule has 1 unspecified atom stereocenters. The number of aliphatic carboxylic acids is 2. The average Bonchev–Trinajstić information content (AvgIpc) is 2.28. The first-order chi connectivity index (χ1) is 8.81. The second-order valence-electron chi connectivity index (χ2n) is 4.53. The number of unbranched alkanes of at least 4 members (excludes halogenated alkanes) is 4. The molecule has 0 spiro atoms. The van der Waals surface area contributed by atoms with E-state index in [1.54, 1.807) is 0 Å². The van der Waals surface area contributed by atoms with Crippen molar-refractivity contribution in [3.8, 4) is 0 Å². The minimum absolute atomic E-state index is 0.0957. The number of aliphatic hydroxyl groups excluding tert-OH is 1. The fourth-order valence-electron chi connectivity index (χ4n) is 1.30. The maximum absolute atomic E-state index is 9.87. The van der Waals surface area contributed by atoms with E-state index in [1.165, 1.54) is 32.1 Å². The van der Waals surface area contributed by atoms with Gasteiger partial charge in [0.15, 0.2) is 0 Å². The summed E-state index contributed by atoms with van der Waals surface area (Å²) in [6.45, 7) is 7.09. The molecule has 5 nitrogen and oxygen atoms in total. The SMILES string of the molecule is C=C(CC(=O)O)C(=O)O.CCCCCCCC(C)O. The van der Waals surface area contributed by atoms with Crippen LogP contribution in [0.25, 0.3) is 0 Å². The molecule has 0 amide bonds. The Morgan fingerprint density at radius 2 is 1.63 bits per heavy atom. The zero-order valence-corrected chi connectivity index (χ0v) is 11.9. The van der Waals surface area contributed by atoms with Crippen molar-refractivity contribution in [2.45, 2.75) is 64.9 Å². The van der Waals surface area contributed by atoms with Crippen molar-refractivity contribution < 1.29 is 24.9 Å². The third kappa shape index (κ3) is 19.2. The lowest BCUT2D eigenvalue weighted by atomic mass is 10.1. The van der Waals surface area contributed by atoms with E-state index in [9.17, 15) is 9.59 Å². The molecule has 112 valence electrons. The van der Waals surface area contributed by atoms with Crippen LogP contribution in [-0.2, 0) is 9.59 Å². The van der Waals surface area contributed by atoms with Crippen LogP contribution in [0.15, 0.2) is 12.2 Å². The number of hydrogen-bond donors (Lipinski definition) is 3. The minimum Gasteiger partial charge on any atom is -0.481 e. The van der Waals surface area contributed by atoms with Crippen molar-refractivity contribution in [2.75, 3.05) is 0 Å². The Morgan fingerprint density at radius 3 is 1.95 bits per heavy atom. The predicted octanol–water partition coefficient (Wildman–Crippen LogP) is 2.83. The van der Waals surface area contributed by atoms with Crippen LogP contribution in [0.4, 0.5) is 0 Å². The molecule has 0 aliphatic carbocycles. The quantitative estimate of drug-likeness (QED) is 0.444. The highest BCUT2D eigenvalue weighted by Gasteiger charge is 2.07. The summed E-state index contributed by atoms with van der Waals surface area (Å²) in [6, 6.07) is 0. The van der Waals surface area contributed by atoms with Crippen LogP contribution in [0.3, 0.4) is 0 Å². The lowest BCUT2D eigenvalue weighted by molar-refractivity contribution is -0.139. The Bertz CT molecular complexity index is 271. The molecule has 0 aromatic heterocycles. The molecule has 0 heterocycles. The second-order valence-corrected chi connectivity index (χ2v) is 4.53. The average molecular weight is 274 g/mol. The topological polar surface area (TPSA) is 94.8 Å². The van der Waals surface area contributed by atoms with Crippen molar-refractivity contribution in [1.82, 2.24) is 0 Å². The monoisotopic (exact) mass is 274 g/mol. The maximum Gasteiger partial charge on any atom is 0.331 e. The molecule has 0 aliphatic heterocycles. The number of carboxylic acid groups (broad SMARTS) is 2. The van der Waals surface area contributed by atoms with Gasteiger partial charge in [-0.2, -0.15) is 0 Å². The summed E-state index contributed by atoms with van der Waals surface area (Å²) in [5.74, 6) is -2.44. The maximum atomic E-state index is 9.87. The van der Waals surface area contributed by atoms with Crippen LogP contribution in [-0.4, -0.2) is 33.4 Å². The van der Waals surface area contributed by atoms with E-state index >= 15 is 0 Å². The summed E-state index contributed by atoms with van der Waals surface area (Å²) >= 11 is 0. The van der Waals surface area contributed by atoms with Gasteiger partial charge in [0, 0.05) is 5.57 Å². The van der Waals surface area contributed by atoms with Gasteiger partial charge in [0.05, 0.1) is 12.5 Å². The van der Waals surface area contributed by atoms with Gasteiger partial charge in [0.25, 0.3) is 0 Å². The normalized spacial score (nSPS) is 11.1. The van der Waals surface area contributed by atoms with Crippen molar-refractivity contribution in [3.63, 3.8) is 0 Å². The predicted molar refractivity (Wildman–Crippen MR) is 74.1 cm³/mol. The molecule has 0 aliphatic rings. The van der Waals surface area contributed by atoms with E-state index < -0.39 is 18.4 Å². The lowest BCUT2D eigenvalue weighted by Crippen LogP contribution is -2.04. The van der Waals surface area contributed by atoms with Crippen molar-refractivity contribution in [1.29, 1.82) is 0 Å². The van der Waals surface area contributed by atoms with Gasteiger partial charge < -0.3 is 15.3 Å². The number of carboxylic acids is 2. The molecule has 5 heteroatoms. The van der Waals surface area contributed by atoms with Gasteiger partial charge in [0.1, 0.15) is 0 Å². The molecule has 0 fully saturated rings. The van der Waals surface area contributed by atoms with E-state index in [1.807, 2.05) is 6.92 Å². The molecule has 0 bridgehead atoms. The van der Waals surface area contributed by atoms with E-state index in [-0.39, 0.29) is 11.7 Å². The zero-order chi connectivity index (χ0) is 15.3. The molecule has 0 aromatic rings. The van der Waals surface area contributed by atoms with Gasteiger partial charge in [-0.15, -0.1) is 0 Å². The standard InChI is InChI=1S/C9H20O.C5H6O4/c1-3-4-5-6-7-8-9(2)10;1-3(5(8)9)2-4(6)7/h9-10H,3-8H2,1-2H3;1-2H2,(H,6,7)(H,8,9). The highest BCUT2D eigenvalue weighted by molar-refractivity contribution is 5.91. The summed E-state index contributed by atoms with van der Waals surface area (Å²) in [4.78, 5) is 19.7. The van der Waals surface area contributed by atoms with Gasteiger partial charge in [-0.05, 0) is 13.3 Å². The van der Waals surface area contributed by atoms with Gasteiger partial charge in [-0.1, -0.05) is 45.6 Å². The molecule has 0 saturated heterocycles. The molecule has 3 N–H and O–H groups in total. The van der Waals surface area contributed by atoms with E-state index in [0.717, 1.165) is 6.42 Å². The van der Waals surface area contributed by atoms with Crippen molar-refractivity contribution >= 4 is 11.9 Å². The van der Waals surface area contributed by atoms with Crippen LogP contribution >= 0.6 is 0 Å². The molecule has 1 atom stereocenters. The second kappa shape index (κ2) is 13.1. The van der Waals surface area contributed by atoms with Crippen LogP contribution in [0, 0.1) is 0 Å². The van der Waals surface area contributed by atoms with E-state index in [4.69, 9.17) is 15.3 Å². The molecule has 0 aromatic carbocycles. The fraction of sp³-hybridized carbons (Fsp3) is 0.714. The van der Waals surface area contributed by atoms with Crippen LogP contribution in [0.2, 0.25) is 0 Å². The summed E-state index contributed by atoms with van der Waals surface area (Å²) in [5, 5.41) is 25.0. The van der Waals surface area contributed by atoms with E-state index in [0.29, 0.717) is 0 Å². The third-order valence-electron chi connectivity index (χ3n) is 2.39. The number of aliphatic hydroxyl groups is 1. The van der Waals surface area contributed by atoms with Gasteiger partial charge >= 0.3 is 11.9 Å². The Hall–Kier alpha value is -1.36. The highest BCUT2D eigenvalue weighted by atomic mass is 16.4. The summed E-state index contributed by atoms with van der Waals surface area (Å²) in [5.41, 5.74) is -0.303. The molecule has 0 radical (unpaired) electrons. The number of rotatable bonds is 9. The largest absolute Gasteiger partial charge is 0.481 e. The van der Waals surface area contributed by atoms with E-state index in [2.05, 4.69) is 13.5 Å². The Labute approximate surface area is 115 Å². The van der Waals surface area contributed by atoms with Gasteiger partial charge in [-0.25, -0.2) is 4.79 Å². The lowest BCUT2D eigenvalue weighted by Gasteiger charge is -2.02. The molecular weight excluding hydrogens is 248 g/mol. The van der Waals surface area contributed by atoms with Gasteiger partial charge in [0.2, 0.25) is 0 Å². The molecule has 0 saturated carbocycles. The Morgan fingerprint density at radius 1 is 1.11 bits per heavy atom. The Kier molecular flexibility index (Phi) is 13.7. The number of carbonyl (C=O) groups is 2. The van der Waals surface area contributed by atoms with Crippen LogP contribution in [0.1, 0.15) is 58.8 Å². The van der Waals surface area contributed by atoms with Crippen molar-refractivity contribution in [3.05, 3.63) is 12.2 Å². The molecule has 19 heavy (non-hydrogen) atoms. The minimum atomic E-state index is -1.27. The summed E-state index contributed by atoms with van der Waals surface area (Å²) < 4.78 is 0. The zero-order valence-electron chi connectivity index (χ0n) is 11.9. The first kappa shape index (κ1) is 20.0. The smallest absolute Gasteiger partial charge is 0.331 e. The van der Waals surface area contributed by atoms with Crippen molar-refractivity contribution in [2.24, 2.45) is 0 Å². The molecule has 0 rings (SSSR count). The van der Waals surface area contributed by atoms with Gasteiger partial charge in [-0.3, -0.25) is 4.79 Å². The number of hydrogen-bond acceptors (Lipinski definition) is 3. The van der Waals surface area contributed by atoms with Crippen LogP contribution < -0.4 is 0 Å². The fourth-order valence-corrected chi connectivity index (χ4v) is 1.30. The third-order valence-corrected chi connectivity index (χ3v) is 2.39. The first-order valence-electron chi connectivity index (χ1n) is 6.62. The Balaban J connectivity index is 0. The van der Waals surface area contributed by atoms with Crippen LogP contribution in [0.5, 0.6) is 0 Å². The summed E-state index contributed by atoms with van der Waals surface area (Å²) in [6.07, 6.45) is 6.84.